The van der Waals surface area contributed by atoms with Crippen LogP contribution in [0.4, 0.5) is 5.69 Å². The van der Waals surface area contributed by atoms with Gasteiger partial charge in [0.2, 0.25) is 5.91 Å². The highest BCUT2D eigenvalue weighted by Gasteiger charge is 2.12. The molecule has 0 fully saturated rings. The number of aryl methyl sites for hydroxylation is 1. The number of nitrogens with one attached hydrogen (secondary N) is 1. The molecule has 0 aliphatic heterocycles. The third kappa shape index (κ3) is 4.46. The van der Waals surface area contributed by atoms with Crippen molar-refractivity contribution in [3.63, 3.8) is 0 Å². The number of aromatic nitrogens is 3. The monoisotopic (exact) mass is 418 g/mol. The van der Waals surface area contributed by atoms with Crippen molar-refractivity contribution in [2.45, 2.75) is 18.4 Å². The molecular formula is C23H22N4O2S. The van der Waals surface area contributed by atoms with E-state index in [1.807, 2.05) is 36.5 Å². The molecule has 0 bridgehead atoms. The largest absolute Gasteiger partial charge is 0.497 e. The van der Waals surface area contributed by atoms with Gasteiger partial charge in [0.15, 0.2) is 0 Å². The molecule has 1 amide bonds. The van der Waals surface area contributed by atoms with Crippen LogP contribution < -0.4 is 10.1 Å². The van der Waals surface area contributed by atoms with Crippen molar-refractivity contribution in [2.24, 2.45) is 0 Å². The first kappa shape index (κ1) is 20.0. The molecule has 0 saturated carbocycles. The highest BCUT2D eigenvalue weighted by Crippen LogP contribution is 2.26. The Kier molecular flexibility index (Phi) is 5.99. The zero-order chi connectivity index (χ0) is 20.9. The van der Waals surface area contributed by atoms with Gasteiger partial charge in [-0.1, -0.05) is 43.0 Å². The van der Waals surface area contributed by atoms with E-state index in [9.17, 15) is 4.79 Å². The molecular weight excluding hydrogens is 396 g/mol. The average Bonchev–Trinajstić information content (AvgIpc) is 3.23. The van der Waals surface area contributed by atoms with Gasteiger partial charge in [-0.05, 0) is 42.3 Å². The molecule has 30 heavy (non-hydrogen) atoms. The second-order valence-electron chi connectivity index (χ2n) is 6.71. The lowest BCUT2D eigenvalue weighted by atomic mass is 10.1. The summed E-state index contributed by atoms with van der Waals surface area (Å²) in [5, 5.41) is 8.32. The van der Waals surface area contributed by atoms with Gasteiger partial charge in [0, 0.05) is 23.6 Å². The molecule has 6 nitrogen and oxygen atoms in total. The van der Waals surface area contributed by atoms with E-state index < -0.39 is 0 Å². The SMILES string of the molecule is CCc1ccc(-c2cc3c(SCC(=O)Nc4ccc(OC)cc4)nccn3n2)cc1. The number of rotatable bonds is 7. The number of thioether (sulfide) groups is 1. The summed E-state index contributed by atoms with van der Waals surface area (Å²) >= 11 is 1.39. The molecule has 2 heterocycles. The van der Waals surface area contributed by atoms with Crippen molar-refractivity contribution in [1.82, 2.24) is 14.6 Å². The van der Waals surface area contributed by atoms with E-state index in [0.29, 0.717) is 0 Å². The Morgan fingerprint density at radius 1 is 1.13 bits per heavy atom. The van der Waals surface area contributed by atoms with Gasteiger partial charge >= 0.3 is 0 Å². The summed E-state index contributed by atoms with van der Waals surface area (Å²) in [4.78, 5) is 16.8. The lowest BCUT2D eigenvalue weighted by Gasteiger charge is -2.06. The van der Waals surface area contributed by atoms with E-state index in [0.717, 1.165) is 39.7 Å². The first-order chi connectivity index (χ1) is 14.7. The number of carbonyl (C=O) groups is 1. The van der Waals surface area contributed by atoms with Gasteiger partial charge in [0.1, 0.15) is 10.8 Å². The van der Waals surface area contributed by atoms with Gasteiger partial charge in [0.05, 0.1) is 24.1 Å². The van der Waals surface area contributed by atoms with Crippen LogP contribution in [0.5, 0.6) is 5.75 Å². The molecule has 2 aromatic heterocycles. The molecule has 4 aromatic rings. The normalized spacial score (nSPS) is 10.9. The molecule has 152 valence electrons. The Labute approximate surface area is 179 Å². The molecule has 0 saturated heterocycles. The summed E-state index contributed by atoms with van der Waals surface area (Å²) in [5.41, 5.74) is 4.85. The Morgan fingerprint density at radius 2 is 1.90 bits per heavy atom. The quantitative estimate of drug-likeness (QED) is 0.441. The Bertz CT molecular complexity index is 1150. The Hall–Kier alpha value is -3.32. The van der Waals surface area contributed by atoms with Crippen molar-refractivity contribution in [2.75, 3.05) is 18.2 Å². The number of ether oxygens (including phenoxy) is 1. The van der Waals surface area contributed by atoms with E-state index in [2.05, 4.69) is 46.6 Å². The molecule has 1 N–H and O–H groups in total. The minimum atomic E-state index is -0.0936. The zero-order valence-electron chi connectivity index (χ0n) is 16.8. The van der Waals surface area contributed by atoms with Crippen LogP contribution in [0.1, 0.15) is 12.5 Å². The second-order valence-corrected chi connectivity index (χ2v) is 7.67. The van der Waals surface area contributed by atoms with Crippen molar-refractivity contribution in [3.05, 3.63) is 72.6 Å². The zero-order valence-corrected chi connectivity index (χ0v) is 17.6. The predicted octanol–water partition coefficient (Wildman–Crippen LogP) is 4.70. The second kappa shape index (κ2) is 9.00. The topological polar surface area (TPSA) is 68.5 Å². The molecule has 0 aliphatic rings. The van der Waals surface area contributed by atoms with Crippen LogP contribution in [0, 0.1) is 0 Å². The number of carbonyl (C=O) groups excluding carboxylic acids is 1. The molecule has 0 unspecified atom stereocenters. The van der Waals surface area contributed by atoms with Gasteiger partial charge in [-0.3, -0.25) is 4.79 Å². The molecule has 7 heteroatoms. The number of hydrogen-bond donors (Lipinski definition) is 1. The summed E-state index contributed by atoms with van der Waals surface area (Å²) in [6, 6.07) is 17.7. The maximum atomic E-state index is 12.3. The minimum Gasteiger partial charge on any atom is -0.497 e. The molecule has 0 spiro atoms. The fourth-order valence-electron chi connectivity index (χ4n) is 3.07. The Morgan fingerprint density at radius 3 is 2.60 bits per heavy atom. The number of benzene rings is 2. The summed E-state index contributed by atoms with van der Waals surface area (Å²) < 4.78 is 6.94. The third-order valence-electron chi connectivity index (χ3n) is 4.73. The smallest absolute Gasteiger partial charge is 0.234 e. The van der Waals surface area contributed by atoms with Gasteiger partial charge in [-0.25, -0.2) is 9.50 Å². The lowest BCUT2D eigenvalue weighted by molar-refractivity contribution is -0.113. The fraction of sp³-hybridized carbons (Fsp3) is 0.174. The highest BCUT2D eigenvalue weighted by atomic mass is 32.2. The number of amides is 1. The average molecular weight is 419 g/mol. The van der Waals surface area contributed by atoms with Gasteiger partial charge in [-0.2, -0.15) is 5.10 Å². The molecule has 2 aromatic carbocycles. The summed E-state index contributed by atoms with van der Waals surface area (Å²) in [7, 11) is 1.61. The number of hydrogen-bond acceptors (Lipinski definition) is 5. The number of anilines is 1. The number of nitrogens with zero attached hydrogens (tertiary/aromatic N) is 3. The van der Waals surface area contributed by atoms with Crippen LogP contribution in [0.2, 0.25) is 0 Å². The fourth-order valence-corrected chi connectivity index (χ4v) is 3.84. The Balaban J connectivity index is 1.47. The van der Waals surface area contributed by atoms with Crippen LogP contribution in [0.25, 0.3) is 16.8 Å². The van der Waals surface area contributed by atoms with Crippen LogP contribution in [-0.2, 0) is 11.2 Å². The van der Waals surface area contributed by atoms with Crippen LogP contribution in [0.15, 0.2) is 72.0 Å². The van der Waals surface area contributed by atoms with Crippen molar-refractivity contribution in [3.8, 4) is 17.0 Å². The summed E-state index contributed by atoms with van der Waals surface area (Å²) in [6.07, 6.45) is 4.53. The van der Waals surface area contributed by atoms with Gasteiger partial charge in [0.25, 0.3) is 0 Å². The standard InChI is InChI=1S/C23H22N4O2S/c1-3-16-4-6-17(7-5-16)20-14-21-23(24-12-13-27(21)26-20)30-15-22(28)25-18-8-10-19(29-2)11-9-18/h4-14H,3,15H2,1-2H3,(H,25,28). The van der Waals surface area contributed by atoms with E-state index in [1.165, 1.54) is 17.3 Å². The first-order valence-corrected chi connectivity index (χ1v) is 10.6. The first-order valence-electron chi connectivity index (χ1n) is 9.66. The summed E-state index contributed by atoms with van der Waals surface area (Å²) in [6.45, 7) is 2.14. The van der Waals surface area contributed by atoms with E-state index >= 15 is 0 Å². The van der Waals surface area contributed by atoms with Crippen LogP contribution in [0.3, 0.4) is 0 Å². The van der Waals surface area contributed by atoms with E-state index in [-0.39, 0.29) is 11.7 Å². The maximum Gasteiger partial charge on any atom is 0.234 e. The van der Waals surface area contributed by atoms with Crippen LogP contribution in [-0.4, -0.2) is 33.4 Å². The van der Waals surface area contributed by atoms with Gasteiger partial charge in [-0.15, -0.1) is 0 Å². The predicted molar refractivity (Wildman–Crippen MR) is 120 cm³/mol. The number of methoxy groups -OCH3 is 1. The molecule has 0 aliphatic carbocycles. The van der Waals surface area contributed by atoms with E-state index in [4.69, 9.17) is 4.74 Å². The van der Waals surface area contributed by atoms with E-state index in [1.54, 1.807) is 17.8 Å². The molecule has 0 radical (unpaired) electrons. The van der Waals surface area contributed by atoms with Crippen molar-refractivity contribution < 1.29 is 9.53 Å². The summed E-state index contributed by atoms with van der Waals surface area (Å²) in [5.74, 6) is 0.910. The van der Waals surface area contributed by atoms with Crippen molar-refractivity contribution in [1.29, 1.82) is 0 Å². The minimum absolute atomic E-state index is 0.0936. The van der Waals surface area contributed by atoms with Crippen LogP contribution >= 0.6 is 11.8 Å². The third-order valence-corrected chi connectivity index (χ3v) is 5.72. The van der Waals surface area contributed by atoms with Gasteiger partial charge < -0.3 is 10.1 Å². The lowest BCUT2D eigenvalue weighted by Crippen LogP contribution is -2.14. The highest BCUT2D eigenvalue weighted by molar-refractivity contribution is 8.00. The number of fused-ring (bicyclic) bond motifs is 1. The van der Waals surface area contributed by atoms with Crippen molar-refractivity contribution >= 4 is 28.9 Å². The maximum absolute atomic E-state index is 12.3. The molecule has 4 rings (SSSR count). The molecule has 0 atom stereocenters.